The molecular weight excluding hydrogens is 232 g/mol. The van der Waals surface area contributed by atoms with Crippen LogP contribution in [-0.2, 0) is 4.74 Å². The molecule has 3 heteroatoms. The third-order valence-corrected chi connectivity index (χ3v) is 2.53. The average Bonchev–Trinajstić information content (AvgIpc) is 2.86. The van der Waals surface area contributed by atoms with E-state index in [9.17, 15) is 0 Å². The highest BCUT2D eigenvalue weighted by Crippen LogP contribution is 2.26. The second kappa shape index (κ2) is 3.68. The number of halogens is 1. The molecule has 0 spiro atoms. The van der Waals surface area contributed by atoms with Crippen LogP contribution in [0.1, 0.15) is 5.56 Å². The van der Waals surface area contributed by atoms with Gasteiger partial charge in [0.15, 0.2) is 0 Å². The Morgan fingerprint density at radius 3 is 3.00 bits per heavy atom. The van der Waals surface area contributed by atoms with Gasteiger partial charge in [0, 0.05) is 0 Å². The van der Waals surface area contributed by atoms with E-state index in [0.717, 1.165) is 16.8 Å². The molecule has 70 valence electrons. The minimum Gasteiger partial charge on any atom is -0.490 e. The second-order valence-electron chi connectivity index (χ2n) is 3.20. The maximum atomic E-state index is 5.54. The molecule has 0 saturated carbocycles. The first kappa shape index (κ1) is 9.03. The molecule has 1 aromatic carbocycles. The van der Waals surface area contributed by atoms with Gasteiger partial charge in [-0.05, 0) is 40.5 Å². The fraction of sp³-hybridized carbons (Fsp3) is 0.400. The van der Waals surface area contributed by atoms with Crippen LogP contribution in [0.3, 0.4) is 0 Å². The SMILES string of the molecule is Cc1ccc(OC[C@H]2CO2)c(Br)c1. The summed E-state index contributed by atoms with van der Waals surface area (Å²) in [6.07, 6.45) is 0.313. The number of benzene rings is 1. The normalized spacial score (nSPS) is 20.0. The minimum absolute atomic E-state index is 0.313. The van der Waals surface area contributed by atoms with Gasteiger partial charge in [0.25, 0.3) is 0 Å². The monoisotopic (exact) mass is 242 g/mol. The number of epoxide rings is 1. The smallest absolute Gasteiger partial charge is 0.133 e. The molecule has 1 heterocycles. The van der Waals surface area contributed by atoms with Crippen molar-refractivity contribution in [1.29, 1.82) is 0 Å². The summed E-state index contributed by atoms with van der Waals surface area (Å²) in [5.74, 6) is 0.890. The van der Waals surface area contributed by atoms with E-state index in [4.69, 9.17) is 9.47 Å². The fourth-order valence-electron chi connectivity index (χ4n) is 1.07. The van der Waals surface area contributed by atoms with Crippen molar-refractivity contribution >= 4 is 15.9 Å². The zero-order valence-electron chi connectivity index (χ0n) is 7.42. The first-order valence-electron chi connectivity index (χ1n) is 4.26. The molecule has 0 radical (unpaired) electrons. The molecular formula is C10H11BrO2. The Labute approximate surface area is 86.0 Å². The van der Waals surface area contributed by atoms with Crippen LogP contribution >= 0.6 is 15.9 Å². The maximum Gasteiger partial charge on any atom is 0.133 e. The largest absolute Gasteiger partial charge is 0.490 e. The van der Waals surface area contributed by atoms with Crippen molar-refractivity contribution in [3.63, 3.8) is 0 Å². The Kier molecular flexibility index (Phi) is 2.56. The quantitative estimate of drug-likeness (QED) is 0.761. The molecule has 1 atom stereocenters. The predicted molar refractivity (Wildman–Crippen MR) is 54.1 cm³/mol. The van der Waals surface area contributed by atoms with Crippen molar-refractivity contribution in [2.45, 2.75) is 13.0 Å². The van der Waals surface area contributed by atoms with Gasteiger partial charge in [-0.3, -0.25) is 0 Å². The molecule has 2 nitrogen and oxygen atoms in total. The number of ether oxygens (including phenoxy) is 2. The average molecular weight is 243 g/mol. The summed E-state index contributed by atoms with van der Waals surface area (Å²) in [5, 5.41) is 0. The van der Waals surface area contributed by atoms with E-state index >= 15 is 0 Å². The molecule has 0 unspecified atom stereocenters. The van der Waals surface area contributed by atoms with Crippen molar-refractivity contribution in [3.8, 4) is 5.75 Å². The van der Waals surface area contributed by atoms with Gasteiger partial charge in [0.2, 0.25) is 0 Å². The Hall–Kier alpha value is -0.540. The van der Waals surface area contributed by atoms with Gasteiger partial charge in [-0.1, -0.05) is 6.07 Å². The lowest BCUT2D eigenvalue weighted by molar-refractivity contribution is 0.262. The number of rotatable bonds is 3. The van der Waals surface area contributed by atoms with Crippen molar-refractivity contribution in [2.75, 3.05) is 13.2 Å². The standard InChI is InChI=1S/C10H11BrO2/c1-7-2-3-10(9(11)4-7)13-6-8-5-12-8/h2-4,8H,5-6H2,1H3/t8-/m1/s1. The fourth-order valence-corrected chi connectivity index (χ4v) is 1.68. The minimum atomic E-state index is 0.313. The summed E-state index contributed by atoms with van der Waals surface area (Å²) in [6, 6.07) is 6.05. The number of hydrogen-bond donors (Lipinski definition) is 0. The van der Waals surface area contributed by atoms with Crippen LogP contribution in [0.2, 0.25) is 0 Å². The lowest BCUT2D eigenvalue weighted by Gasteiger charge is -2.06. The molecule has 1 aliphatic rings. The van der Waals surface area contributed by atoms with Gasteiger partial charge in [-0.15, -0.1) is 0 Å². The molecule has 2 rings (SSSR count). The van der Waals surface area contributed by atoms with E-state index in [1.54, 1.807) is 0 Å². The van der Waals surface area contributed by atoms with Gasteiger partial charge in [0.1, 0.15) is 18.5 Å². The first-order chi connectivity index (χ1) is 6.25. The third-order valence-electron chi connectivity index (χ3n) is 1.91. The zero-order valence-corrected chi connectivity index (χ0v) is 9.00. The molecule has 0 amide bonds. The second-order valence-corrected chi connectivity index (χ2v) is 4.05. The van der Waals surface area contributed by atoms with Crippen LogP contribution in [0.25, 0.3) is 0 Å². The van der Waals surface area contributed by atoms with Crippen molar-refractivity contribution < 1.29 is 9.47 Å². The molecule has 0 N–H and O–H groups in total. The highest BCUT2D eigenvalue weighted by atomic mass is 79.9. The van der Waals surface area contributed by atoms with Gasteiger partial charge in [-0.2, -0.15) is 0 Å². The van der Waals surface area contributed by atoms with E-state index < -0.39 is 0 Å². The van der Waals surface area contributed by atoms with Crippen LogP contribution in [0.15, 0.2) is 22.7 Å². The van der Waals surface area contributed by atoms with Crippen LogP contribution in [0.4, 0.5) is 0 Å². The van der Waals surface area contributed by atoms with Crippen molar-refractivity contribution in [2.24, 2.45) is 0 Å². The molecule has 0 bridgehead atoms. The maximum absolute atomic E-state index is 5.54. The van der Waals surface area contributed by atoms with Gasteiger partial charge < -0.3 is 9.47 Å². The van der Waals surface area contributed by atoms with Gasteiger partial charge in [0.05, 0.1) is 11.1 Å². The van der Waals surface area contributed by atoms with Gasteiger partial charge in [-0.25, -0.2) is 0 Å². The molecule has 0 aromatic heterocycles. The van der Waals surface area contributed by atoms with Gasteiger partial charge >= 0.3 is 0 Å². The third kappa shape index (κ3) is 2.45. The van der Waals surface area contributed by atoms with E-state index in [-0.39, 0.29) is 0 Å². The van der Waals surface area contributed by atoms with Crippen molar-refractivity contribution in [3.05, 3.63) is 28.2 Å². The number of hydrogen-bond acceptors (Lipinski definition) is 2. The highest BCUT2D eigenvalue weighted by molar-refractivity contribution is 9.10. The molecule has 0 aliphatic carbocycles. The predicted octanol–water partition coefficient (Wildman–Crippen LogP) is 2.54. The Morgan fingerprint density at radius 2 is 2.38 bits per heavy atom. The van der Waals surface area contributed by atoms with Crippen LogP contribution in [0.5, 0.6) is 5.75 Å². The van der Waals surface area contributed by atoms with E-state index in [1.807, 2.05) is 18.2 Å². The van der Waals surface area contributed by atoms with E-state index in [2.05, 4.69) is 22.9 Å². The summed E-state index contributed by atoms with van der Waals surface area (Å²) >= 11 is 3.45. The Morgan fingerprint density at radius 1 is 1.62 bits per heavy atom. The lowest BCUT2D eigenvalue weighted by atomic mass is 10.2. The van der Waals surface area contributed by atoms with Crippen LogP contribution in [-0.4, -0.2) is 19.3 Å². The van der Waals surface area contributed by atoms with Crippen LogP contribution in [0, 0.1) is 6.92 Å². The summed E-state index contributed by atoms with van der Waals surface area (Å²) < 4.78 is 11.6. The van der Waals surface area contributed by atoms with Crippen LogP contribution < -0.4 is 4.74 Å². The summed E-state index contributed by atoms with van der Waals surface area (Å²) in [5.41, 5.74) is 1.22. The molecule has 1 aliphatic heterocycles. The van der Waals surface area contributed by atoms with E-state index in [0.29, 0.717) is 12.7 Å². The Balaban J connectivity index is 2.01. The first-order valence-corrected chi connectivity index (χ1v) is 5.05. The zero-order chi connectivity index (χ0) is 9.26. The molecule has 13 heavy (non-hydrogen) atoms. The Bertz CT molecular complexity index is 308. The lowest BCUT2D eigenvalue weighted by Crippen LogP contribution is -2.04. The summed E-state index contributed by atoms with van der Waals surface area (Å²) in [6.45, 7) is 3.55. The topological polar surface area (TPSA) is 21.8 Å². The van der Waals surface area contributed by atoms with E-state index in [1.165, 1.54) is 5.56 Å². The molecule has 1 fully saturated rings. The molecule has 1 saturated heterocycles. The summed E-state index contributed by atoms with van der Waals surface area (Å²) in [7, 11) is 0. The molecule has 1 aromatic rings. The number of aryl methyl sites for hydroxylation is 1. The highest BCUT2D eigenvalue weighted by Gasteiger charge is 2.23. The van der Waals surface area contributed by atoms with Crippen molar-refractivity contribution in [1.82, 2.24) is 0 Å². The summed E-state index contributed by atoms with van der Waals surface area (Å²) in [4.78, 5) is 0.